The van der Waals surface area contributed by atoms with Crippen molar-refractivity contribution < 1.29 is 19.1 Å². The SMILES string of the molecule is COc1ccc(CCNC(=O)COC(=O)c2ccc(-c3nc4ccccc4s3)s2)cc1. The van der Waals surface area contributed by atoms with Crippen LogP contribution in [0.15, 0.2) is 60.7 Å². The van der Waals surface area contributed by atoms with E-state index >= 15 is 0 Å². The minimum Gasteiger partial charge on any atom is -0.497 e. The van der Waals surface area contributed by atoms with Crippen LogP contribution in [0.2, 0.25) is 0 Å². The summed E-state index contributed by atoms with van der Waals surface area (Å²) in [6.45, 7) is 0.152. The molecule has 0 aliphatic carbocycles. The van der Waals surface area contributed by atoms with Gasteiger partial charge in [-0.05, 0) is 48.4 Å². The fourth-order valence-corrected chi connectivity index (χ4v) is 4.85. The first-order chi connectivity index (χ1) is 15.1. The van der Waals surface area contributed by atoms with Gasteiger partial charge in [-0.3, -0.25) is 4.79 Å². The minimum absolute atomic E-state index is 0.310. The van der Waals surface area contributed by atoms with Crippen LogP contribution in [0.1, 0.15) is 15.2 Å². The van der Waals surface area contributed by atoms with E-state index in [1.54, 1.807) is 24.5 Å². The molecule has 0 spiro atoms. The van der Waals surface area contributed by atoms with Crippen molar-refractivity contribution >= 4 is 44.8 Å². The Kier molecular flexibility index (Phi) is 6.59. The number of nitrogens with one attached hydrogen (secondary N) is 1. The number of thiazole rings is 1. The normalized spacial score (nSPS) is 10.7. The first kappa shape index (κ1) is 21.0. The highest BCUT2D eigenvalue weighted by molar-refractivity contribution is 7.26. The number of amides is 1. The summed E-state index contributed by atoms with van der Waals surface area (Å²) in [5.74, 6) is -0.0490. The predicted molar refractivity (Wildman–Crippen MR) is 123 cm³/mol. The number of ether oxygens (including phenoxy) is 2. The molecule has 0 bridgehead atoms. The third-order valence-electron chi connectivity index (χ3n) is 4.54. The number of aromatic nitrogens is 1. The molecule has 31 heavy (non-hydrogen) atoms. The zero-order valence-corrected chi connectivity index (χ0v) is 18.4. The molecule has 6 nitrogen and oxygen atoms in total. The number of hydrogen-bond acceptors (Lipinski definition) is 7. The molecule has 158 valence electrons. The van der Waals surface area contributed by atoms with Gasteiger partial charge in [0.15, 0.2) is 6.61 Å². The topological polar surface area (TPSA) is 77.5 Å². The van der Waals surface area contributed by atoms with Crippen molar-refractivity contribution in [2.45, 2.75) is 6.42 Å². The lowest BCUT2D eigenvalue weighted by Gasteiger charge is -2.07. The quantitative estimate of drug-likeness (QED) is 0.397. The Morgan fingerprint density at radius 1 is 1.00 bits per heavy atom. The molecular weight excluding hydrogens is 432 g/mol. The highest BCUT2D eigenvalue weighted by atomic mass is 32.1. The van der Waals surface area contributed by atoms with Crippen LogP contribution in [0.3, 0.4) is 0 Å². The van der Waals surface area contributed by atoms with Gasteiger partial charge in [0.25, 0.3) is 5.91 Å². The summed E-state index contributed by atoms with van der Waals surface area (Å²) in [7, 11) is 1.62. The van der Waals surface area contributed by atoms with E-state index in [9.17, 15) is 9.59 Å². The monoisotopic (exact) mass is 452 g/mol. The largest absolute Gasteiger partial charge is 0.497 e. The summed E-state index contributed by atoms with van der Waals surface area (Å²) in [6.07, 6.45) is 0.681. The minimum atomic E-state index is -0.511. The first-order valence-electron chi connectivity index (χ1n) is 9.65. The Balaban J connectivity index is 1.25. The van der Waals surface area contributed by atoms with E-state index in [0.29, 0.717) is 17.8 Å². The van der Waals surface area contributed by atoms with Crippen LogP contribution in [0.25, 0.3) is 20.1 Å². The Morgan fingerprint density at radius 3 is 2.58 bits per heavy atom. The van der Waals surface area contributed by atoms with E-state index in [1.807, 2.05) is 54.6 Å². The molecule has 4 rings (SSSR count). The summed E-state index contributed by atoms with van der Waals surface area (Å²) in [4.78, 5) is 30.2. The van der Waals surface area contributed by atoms with Gasteiger partial charge in [0.2, 0.25) is 0 Å². The summed E-state index contributed by atoms with van der Waals surface area (Å²) in [5.41, 5.74) is 2.02. The molecule has 4 aromatic rings. The number of thiophene rings is 1. The molecule has 0 saturated heterocycles. The summed E-state index contributed by atoms with van der Waals surface area (Å²) in [6, 6.07) is 19.1. The van der Waals surface area contributed by atoms with E-state index in [1.165, 1.54) is 11.3 Å². The van der Waals surface area contributed by atoms with Crippen LogP contribution in [-0.2, 0) is 16.0 Å². The number of para-hydroxylation sites is 1. The van der Waals surface area contributed by atoms with Gasteiger partial charge in [-0.2, -0.15) is 0 Å². The molecule has 0 fully saturated rings. The van der Waals surface area contributed by atoms with Crippen LogP contribution >= 0.6 is 22.7 Å². The van der Waals surface area contributed by atoms with Crippen LogP contribution in [0.5, 0.6) is 5.75 Å². The molecule has 2 heterocycles. The summed E-state index contributed by atoms with van der Waals surface area (Å²) < 4.78 is 11.4. The molecule has 0 radical (unpaired) electrons. The van der Waals surface area contributed by atoms with E-state index in [2.05, 4.69) is 10.3 Å². The molecule has 1 N–H and O–H groups in total. The van der Waals surface area contributed by atoms with Gasteiger partial charge < -0.3 is 14.8 Å². The highest BCUT2D eigenvalue weighted by Crippen LogP contribution is 2.34. The molecule has 0 aliphatic rings. The van der Waals surface area contributed by atoms with Gasteiger partial charge in [0.1, 0.15) is 15.6 Å². The molecule has 0 unspecified atom stereocenters. The van der Waals surface area contributed by atoms with Crippen LogP contribution in [0, 0.1) is 0 Å². The number of rotatable bonds is 8. The van der Waals surface area contributed by atoms with Gasteiger partial charge in [-0.15, -0.1) is 22.7 Å². The molecule has 8 heteroatoms. The Bertz CT molecular complexity index is 1160. The Hall–Kier alpha value is -3.23. The number of esters is 1. The third-order valence-corrected chi connectivity index (χ3v) is 6.81. The molecular formula is C23H20N2O4S2. The molecule has 2 aromatic heterocycles. The predicted octanol–water partition coefficient (Wildman–Crippen LogP) is 4.55. The van der Waals surface area contributed by atoms with Crippen LogP contribution < -0.4 is 10.1 Å². The first-order valence-corrected chi connectivity index (χ1v) is 11.3. The number of carbonyl (C=O) groups is 2. The average molecular weight is 453 g/mol. The second-order valence-corrected chi connectivity index (χ2v) is 8.79. The van der Waals surface area contributed by atoms with Crippen molar-refractivity contribution in [1.29, 1.82) is 0 Å². The highest BCUT2D eigenvalue weighted by Gasteiger charge is 2.15. The van der Waals surface area contributed by atoms with Gasteiger partial charge in [-0.1, -0.05) is 24.3 Å². The lowest BCUT2D eigenvalue weighted by molar-refractivity contribution is -0.124. The maximum atomic E-state index is 12.3. The average Bonchev–Trinajstić information content (AvgIpc) is 3.45. The number of fused-ring (bicyclic) bond motifs is 1. The van der Waals surface area contributed by atoms with Crippen molar-refractivity contribution in [3.05, 3.63) is 71.1 Å². The van der Waals surface area contributed by atoms with Gasteiger partial charge >= 0.3 is 5.97 Å². The van der Waals surface area contributed by atoms with E-state index < -0.39 is 5.97 Å². The van der Waals surface area contributed by atoms with Crippen molar-refractivity contribution in [3.63, 3.8) is 0 Å². The molecule has 1 amide bonds. The number of methoxy groups -OCH3 is 1. The van der Waals surface area contributed by atoms with Gasteiger partial charge in [-0.25, -0.2) is 9.78 Å². The van der Waals surface area contributed by atoms with E-state index in [0.717, 1.165) is 31.4 Å². The second kappa shape index (κ2) is 9.72. The number of benzene rings is 2. The zero-order valence-electron chi connectivity index (χ0n) is 16.8. The summed E-state index contributed by atoms with van der Waals surface area (Å²) >= 11 is 2.89. The van der Waals surface area contributed by atoms with Crippen molar-refractivity contribution in [2.24, 2.45) is 0 Å². The van der Waals surface area contributed by atoms with Crippen molar-refractivity contribution in [1.82, 2.24) is 10.3 Å². The van der Waals surface area contributed by atoms with E-state index in [4.69, 9.17) is 9.47 Å². The standard InChI is InChI=1S/C23H20N2O4S2/c1-28-16-8-6-15(7-9-16)12-13-24-21(26)14-29-23(27)20-11-10-19(30-20)22-25-17-4-2-3-5-18(17)31-22/h2-11H,12-14H2,1H3,(H,24,26). The van der Waals surface area contributed by atoms with Gasteiger partial charge in [0.05, 0.1) is 22.2 Å². The number of hydrogen-bond donors (Lipinski definition) is 1. The maximum absolute atomic E-state index is 12.3. The molecule has 2 aromatic carbocycles. The van der Waals surface area contributed by atoms with Crippen LogP contribution in [0.4, 0.5) is 0 Å². The molecule has 0 atom stereocenters. The Morgan fingerprint density at radius 2 is 1.81 bits per heavy atom. The summed E-state index contributed by atoms with van der Waals surface area (Å²) in [5, 5.41) is 3.62. The lowest BCUT2D eigenvalue weighted by Crippen LogP contribution is -2.30. The third kappa shape index (κ3) is 5.28. The van der Waals surface area contributed by atoms with Crippen molar-refractivity contribution in [2.75, 3.05) is 20.3 Å². The molecule has 0 saturated carbocycles. The van der Waals surface area contributed by atoms with Crippen LogP contribution in [-0.4, -0.2) is 37.1 Å². The maximum Gasteiger partial charge on any atom is 0.348 e. The second-order valence-electron chi connectivity index (χ2n) is 6.67. The fraction of sp³-hybridized carbons (Fsp3) is 0.174. The molecule has 0 aliphatic heterocycles. The fourth-order valence-electron chi connectivity index (χ4n) is 2.93. The number of nitrogens with zero attached hydrogens (tertiary/aromatic N) is 1. The van der Waals surface area contributed by atoms with Crippen molar-refractivity contribution in [3.8, 4) is 15.6 Å². The zero-order chi connectivity index (χ0) is 21.6. The van der Waals surface area contributed by atoms with Gasteiger partial charge in [0, 0.05) is 6.54 Å². The lowest BCUT2D eigenvalue weighted by atomic mass is 10.1. The number of carbonyl (C=O) groups excluding carboxylic acids is 2. The van der Waals surface area contributed by atoms with E-state index in [-0.39, 0.29) is 12.5 Å². The smallest absolute Gasteiger partial charge is 0.348 e. The Labute approximate surface area is 187 Å².